The monoisotopic (exact) mass is 244 g/mol. The minimum atomic E-state index is -0.0776. The van der Waals surface area contributed by atoms with Gasteiger partial charge in [0.2, 0.25) is 0 Å². The molecule has 94 valence electrons. The zero-order valence-corrected chi connectivity index (χ0v) is 10.2. The fourth-order valence-corrected chi connectivity index (χ4v) is 1.81. The van der Waals surface area contributed by atoms with E-state index < -0.39 is 0 Å². The van der Waals surface area contributed by atoms with E-state index in [1.54, 1.807) is 19.2 Å². The molecule has 4 heteroatoms. The van der Waals surface area contributed by atoms with Crippen LogP contribution in [0.5, 0.6) is 5.75 Å². The lowest BCUT2D eigenvalue weighted by molar-refractivity contribution is 0.282. The van der Waals surface area contributed by atoms with Gasteiger partial charge in [0.05, 0.1) is 19.4 Å². The number of benzene rings is 2. The second-order valence-electron chi connectivity index (χ2n) is 4.03. The van der Waals surface area contributed by atoms with E-state index in [1.165, 1.54) is 0 Å². The van der Waals surface area contributed by atoms with Gasteiger partial charge >= 0.3 is 0 Å². The predicted molar refractivity (Wildman–Crippen MR) is 73.2 cm³/mol. The number of aliphatic hydroxyl groups excluding tert-OH is 1. The molecule has 0 atom stereocenters. The third kappa shape index (κ3) is 2.24. The molecule has 0 saturated carbocycles. The maximum atomic E-state index is 9.21. The first kappa shape index (κ1) is 12.3. The van der Waals surface area contributed by atoms with Gasteiger partial charge in [-0.05, 0) is 35.4 Å². The van der Waals surface area contributed by atoms with E-state index in [0.717, 1.165) is 11.1 Å². The first-order valence-corrected chi connectivity index (χ1v) is 5.59. The number of nitrogens with two attached hydrogens (primary N) is 2. The summed E-state index contributed by atoms with van der Waals surface area (Å²) in [6.45, 7) is -0.0776. The van der Waals surface area contributed by atoms with Crippen LogP contribution in [0.3, 0.4) is 0 Å². The van der Waals surface area contributed by atoms with Crippen LogP contribution in [0.1, 0.15) is 5.56 Å². The van der Waals surface area contributed by atoms with Crippen LogP contribution in [0, 0.1) is 0 Å². The molecule has 2 aromatic carbocycles. The SMILES string of the molecule is COc1cc(-c2ccc(N)c(CO)c2)ccc1N. The Balaban J connectivity index is 2.48. The van der Waals surface area contributed by atoms with Crippen LogP contribution >= 0.6 is 0 Å². The number of methoxy groups -OCH3 is 1. The van der Waals surface area contributed by atoms with Crippen molar-refractivity contribution in [3.8, 4) is 16.9 Å². The molecule has 0 spiro atoms. The molecule has 0 heterocycles. The van der Waals surface area contributed by atoms with E-state index in [0.29, 0.717) is 22.7 Å². The molecule has 18 heavy (non-hydrogen) atoms. The molecule has 0 saturated heterocycles. The van der Waals surface area contributed by atoms with Crippen molar-refractivity contribution in [2.45, 2.75) is 6.61 Å². The van der Waals surface area contributed by atoms with Gasteiger partial charge in [0, 0.05) is 11.3 Å². The number of hydrogen-bond donors (Lipinski definition) is 3. The van der Waals surface area contributed by atoms with Crippen LogP contribution in [0.2, 0.25) is 0 Å². The van der Waals surface area contributed by atoms with Gasteiger partial charge in [0.25, 0.3) is 0 Å². The van der Waals surface area contributed by atoms with Gasteiger partial charge in [-0.15, -0.1) is 0 Å². The third-order valence-corrected chi connectivity index (χ3v) is 2.88. The van der Waals surface area contributed by atoms with E-state index in [2.05, 4.69) is 0 Å². The second kappa shape index (κ2) is 4.98. The lowest BCUT2D eigenvalue weighted by Crippen LogP contribution is -1.95. The molecule has 2 rings (SSSR count). The highest BCUT2D eigenvalue weighted by Gasteiger charge is 2.05. The van der Waals surface area contributed by atoms with Gasteiger partial charge in [0.1, 0.15) is 5.75 Å². The topological polar surface area (TPSA) is 81.5 Å². The molecule has 0 aromatic heterocycles. The Morgan fingerprint density at radius 3 is 2.22 bits per heavy atom. The summed E-state index contributed by atoms with van der Waals surface area (Å²) in [5.41, 5.74) is 15.4. The van der Waals surface area contributed by atoms with Crippen molar-refractivity contribution in [2.24, 2.45) is 0 Å². The van der Waals surface area contributed by atoms with Gasteiger partial charge < -0.3 is 21.3 Å². The molecule has 0 aliphatic heterocycles. The number of rotatable bonds is 3. The van der Waals surface area contributed by atoms with Crippen molar-refractivity contribution in [3.63, 3.8) is 0 Å². The van der Waals surface area contributed by atoms with Gasteiger partial charge in [-0.2, -0.15) is 0 Å². The smallest absolute Gasteiger partial charge is 0.142 e. The summed E-state index contributed by atoms with van der Waals surface area (Å²) in [6.07, 6.45) is 0. The predicted octanol–water partition coefficient (Wildman–Crippen LogP) is 2.02. The highest BCUT2D eigenvalue weighted by atomic mass is 16.5. The Morgan fingerprint density at radius 1 is 1.00 bits per heavy atom. The third-order valence-electron chi connectivity index (χ3n) is 2.88. The van der Waals surface area contributed by atoms with Crippen LogP contribution in [0.25, 0.3) is 11.1 Å². The van der Waals surface area contributed by atoms with Gasteiger partial charge in [-0.1, -0.05) is 12.1 Å². The van der Waals surface area contributed by atoms with Crippen LogP contribution in [0.4, 0.5) is 11.4 Å². The summed E-state index contributed by atoms with van der Waals surface area (Å²) < 4.78 is 5.19. The standard InChI is InChI=1S/C14H16N2O2/c1-18-14-7-10(3-5-13(14)16)9-2-4-12(15)11(6-9)8-17/h2-7,17H,8,15-16H2,1H3. The van der Waals surface area contributed by atoms with Crippen molar-refractivity contribution in [1.29, 1.82) is 0 Å². The summed E-state index contributed by atoms with van der Waals surface area (Å²) in [5.74, 6) is 0.634. The van der Waals surface area contributed by atoms with Gasteiger partial charge in [0.15, 0.2) is 0 Å². The van der Waals surface area contributed by atoms with E-state index in [9.17, 15) is 5.11 Å². The molecule has 0 unspecified atom stereocenters. The fraction of sp³-hybridized carbons (Fsp3) is 0.143. The van der Waals surface area contributed by atoms with Crippen molar-refractivity contribution >= 4 is 11.4 Å². The Kier molecular flexibility index (Phi) is 3.39. The average Bonchev–Trinajstić information content (AvgIpc) is 2.40. The van der Waals surface area contributed by atoms with Crippen molar-refractivity contribution < 1.29 is 9.84 Å². The molecule has 0 aliphatic carbocycles. The minimum absolute atomic E-state index is 0.0776. The first-order valence-electron chi connectivity index (χ1n) is 5.59. The maximum Gasteiger partial charge on any atom is 0.142 e. The van der Waals surface area contributed by atoms with Crippen molar-refractivity contribution in [3.05, 3.63) is 42.0 Å². The number of ether oxygens (including phenoxy) is 1. The summed E-state index contributed by atoms with van der Waals surface area (Å²) in [6, 6.07) is 11.1. The molecule has 4 nitrogen and oxygen atoms in total. The van der Waals surface area contributed by atoms with Crippen LogP contribution in [0.15, 0.2) is 36.4 Å². The Labute approximate surface area is 106 Å². The number of nitrogen functional groups attached to an aromatic ring is 2. The second-order valence-corrected chi connectivity index (χ2v) is 4.03. The Hall–Kier alpha value is -2.20. The molecule has 0 fully saturated rings. The summed E-state index contributed by atoms with van der Waals surface area (Å²) in [5, 5.41) is 9.21. The summed E-state index contributed by atoms with van der Waals surface area (Å²) in [4.78, 5) is 0. The molecule has 0 amide bonds. The van der Waals surface area contributed by atoms with E-state index >= 15 is 0 Å². The zero-order valence-electron chi connectivity index (χ0n) is 10.2. The number of aliphatic hydroxyl groups is 1. The molecule has 2 aromatic rings. The number of anilines is 2. The summed E-state index contributed by atoms with van der Waals surface area (Å²) >= 11 is 0. The van der Waals surface area contributed by atoms with Gasteiger partial charge in [-0.25, -0.2) is 0 Å². The molecular formula is C14H16N2O2. The normalized spacial score (nSPS) is 10.3. The first-order chi connectivity index (χ1) is 8.65. The molecule has 0 radical (unpaired) electrons. The largest absolute Gasteiger partial charge is 0.495 e. The average molecular weight is 244 g/mol. The highest BCUT2D eigenvalue weighted by Crippen LogP contribution is 2.30. The van der Waals surface area contributed by atoms with Crippen molar-refractivity contribution in [2.75, 3.05) is 18.6 Å². The zero-order chi connectivity index (χ0) is 13.1. The van der Waals surface area contributed by atoms with Gasteiger partial charge in [-0.3, -0.25) is 0 Å². The summed E-state index contributed by atoms with van der Waals surface area (Å²) in [7, 11) is 1.58. The quantitative estimate of drug-likeness (QED) is 0.721. The Bertz CT molecular complexity index is 516. The fourth-order valence-electron chi connectivity index (χ4n) is 1.81. The van der Waals surface area contributed by atoms with Crippen LogP contribution < -0.4 is 16.2 Å². The lowest BCUT2D eigenvalue weighted by atomic mass is 10.0. The maximum absolute atomic E-state index is 9.21. The molecular weight excluding hydrogens is 228 g/mol. The van der Waals surface area contributed by atoms with Crippen LogP contribution in [-0.4, -0.2) is 12.2 Å². The van der Waals surface area contributed by atoms with Crippen molar-refractivity contribution in [1.82, 2.24) is 0 Å². The molecule has 5 N–H and O–H groups in total. The highest BCUT2D eigenvalue weighted by molar-refractivity contribution is 5.72. The van der Waals surface area contributed by atoms with E-state index in [1.807, 2.05) is 24.3 Å². The van der Waals surface area contributed by atoms with E-state index in [4.69, 9.17) is 16.2 Å². The lowest BCUT2D eigenvalue weighted by Gasteiger charge is -2.10. The molecule has 0 bridgehead atoms. The van der Waals surface area contributed by atoms with E-state index in [-0.39, 0.29) is 6.61 Å². The van der Waals surface area contributed by atoms with Crippen LogP contribution in [-0.2, 0) is 6.61 Å². The molecule has 0 aliphatic rings. The Morgan fingerprint density at radius 2 is 1.61 bits per heavy atom. The number of hydrogen-bond acceptors (Lipinski definition) is 4. The minimum Gasteiger partial charge on any atom is -0.495 e.